The Balaban J connectivity index is 1.21. The number of Topliss-reactive ketones (excluding diaryl/α,β-unsaturated/α-hetero) is 1. The fourth-order valence-corrected chi connectivity index (χ4v) is 6.54. The van der Waals surface area contributed by atoms with E-state index in [0.717, 1.165) is 37.8 Å². The number of carbonyl (C=O) groups excluding carboxylic acids is 3. The molecule has 2 heterocycles. The lowest BCUT2D eigenvalue weighted by Crippen LogP contribution is -2.32. The van der Waals surface area contributed by atoms with Gasteiger partial charge >= 0.3 is 6.18 Å². The van der Waals surface area contributed by atoms with Gasteiger partial charge in [-0.15, -0.1) is 11.3 Å². The first-order valence-corrected chi connectivity index (χ1v) is 14.2. The van der Waals surface area contributed by atoms with Crippen LogP contribution in [0.5, 0.6) is 0 Å². The first-order chi connectivity index (χ1) is 18.5. The molecule has 2 aliphatic rings. The number of likely N-dealkylation sites (tertiary alicyclic amines) is 1. The van der Waals surface area contributed by atoms with E-state index >= 15 is 0 Å². The standard InChI is InChI=1S/C28H34F3N3O4S/c1-2-32-25(37)23-16-33-26(39-23)27(38)11-8-18(9-12-27)14-19-10-13-34(17-19)24(36)7-6-22(35)20-4-3-5-21(15-20)28(29,30)31/h3-5,15-16,18-19,38H,2,6-14,17H2,1H3,(H,32,37)/t18?,19-,27?/m1/s1. The lowest BCUT2D eigenvalue weighted by Gasteiger charge is -2.35. The molecular weight excluding hydrogens is 531 g/mol. The maximum absolute atomic E-state index is 12.9. The van der Waals surface area contributed by atoms with Gasteiger partial charge in [-0.05, 0) is 69.4 Å². The fourth-order valence-electron chi connectivity index (χ4n) is 5.56. The van der Waals surface area contributed by atoms with Crippen LogP contribution in [0.2, 0.25) is 0 Å². The van der Waals surface area contributed by atoms with Gasteiger partial charge in [0.1, 0.15) is 15.5 Å². The minimum Gasteiger partial charge on any atom is -0.383 e. The number of hydrogen-bond acceptors (Lipinski definition) is 6. The number of alkyl halides is 3. The number of ketones is 1. The highest BCUT2D eigenvalue weighted by Gasteiger charge is 2.39. The van der Waals surface area contributed by atoms with Gasteiger partial charge < -0.3 is 15.3 Å². The summed E-state index contributed by atoms with van der Waals surface area (Å²) in [6.07, 6.45) is 1.49. The lowest BCUT2D eigenvalue weighted by atomic mass is 9.75. The SMILES string of the molecule is CCNC(=O)c1cnc(C2(O)CCC(C[C@H]3CCN(C(=O)CCC(=O)c4cccc(C(F)(F)F)c4)C3)CC2)s1. The minimum atomic E-state index is -4.52. The van der Waals surface area contributed by atoms with Crippen molar-refractivity contribution in [1.82, 2.24) is 15.2 Å². The Labute approximate surface area is 229 Å². The van der Waals surface area contributed by atoms with Crippen LogP contribution in [0.3, 0.4) is 0 Å². The number of aliphatic hydroxyl groups is 1. The van der Waals surface area contributed by atoms with E-state index in [1.807, 2.05) is 6.92 Å². The van der Waals surface area contributed by atoms with Crippen LogP contribution in [0.25, 0.3) is 0 Å². The molecule has 39 heavy (non-hydrogen) atoms. The van der Waals surface area contributed by atoms with E-state index in [9.17, 15) is 32.7 Å². The third kappa shape index (κ3) is 7.25. The zero-order valence-corrected chi connectivity index (χ0v) is 22.7. The molecule has 1 atom stereocenters. The van der Waals surface area contributed by atoms with Crippen molar-refractivity contribution in [2.45, 2.75) is 70.1 Å². The quantitative estimate of drug-likeness (QED) is 0.408. The summed E-state index contributed by atoms with van der Waals surface area (Å²) in [6, 6.07) is 4.30. The highest BCUT2D eigenvalue weighted by Crippen LogP contribution is 2.43. The van der Waals surface area contributed by atoms with E-state index in [1.165, 1.54) is 29.7 Å². The summed E-state index contributed by atoms with van der Waals surface area (Å²) in [5.74, 6) is -0.0381. The van der Waals surface area contributed by atoms with E-state index in [4.69, 9.17) is 0 Å². The van der Waals surface area contributed by atoms with Crippen LogP contribution in [0.4, 0.5) is 13.2 Å². The van der Waals surface area contributed by atoms with Crippen LogP contribution < -0.4 is 5.32 Å². The molecule has 2 amide bonds. The molecule has 0 unspecified atom stereocenters. The Morgan fingerprint density at radius 1 is 1.15 bits per heavy atom. The molecule has 0 radical (unpaired) electrons. The number of aromatic nitrogens is 1. The zero-order valence-electron chi connectivity index (χ0n) is 21.9. The maximum atomic E-state index is 12.9. The second-order valence-electron chi connectivity index (χ2n) is 10.6. The molecule has 1 aromatic carbocycles. The highest BCUT2D eigenvalue weighted by molar-refractivity contribution is 7.13. The molecule has 1 saturated heterocycles. The Hall–Kier alpha value is -2.79. The number of benzene rings is 1. The number of carbonyl (C=O) groups is 3. The predicted molar refractivity (Wildman–Crippen MR) is 140 cm³/mol. The third-order valence-electron chi connectivity index (χ3n) is 7.78. The van der Waals surface area contributed by atoms with E-state index in [2.05, 4.69) is 10.3 Å². The van der Waals surface area contributed by atoms with Gasteiger partial charge in [0.25, 0.3) is 5.91 Å². The van der Waals surface area contributed by atoms with Crippen molar-refractivity contribution in [2.75, 3.05) is 19.6 Å². The monoisotopic (exact) mass is 565 g/mol. The van der Waals surface area contributed by atoms with Crippen LogP contribution in [-0.4, -0.2) is 52.2 Å². The van der Waals surface area contributed by atoms with E-state index in [0.29, 0.717) is 54.2 Å². The number of rotatable bonds is 9. The molecule has 2 fully saturated rings. The highest BCUT2D eigenvalue weighted by atomic mass is 32.1. The topological polar surface area (TPSA) is 99.6 Å². The molecule has 2 N–H and O–H groups in total. The molecule has 1 aliphatic heterocycles. The first kappa shape index (κ1) is 29.2. The summed E-state index contributed by atoms with van der Waals surface area (Å²) in [4.78, 5) is 43.7. The molecule has 2 aromatic rings. The Bertz CT molecular complexity index is 1190. The number of nitrogens with zero attached hydrogens (tertiary/aromatic N) is 2. The summed E-state index contributed by atoms with van der Waals surface area (Å²) < 4.78 is 38.8. The number of hydrogen-bond donors (Lipinski definition) is 2. The Kier molecular flexibility index (Phi) is 9.10. The molecule has 0 spiro atoms. The number of nitrogens with one attached hydrogen (secondary N) is 1. The Morgan fingerprint density at radius 2 is 1.90 bits per heavy atom. The summed E-state index contributed by atoms with van der Waals surface area (Å²) >= 11 is 1.24. The van der Waals surface area contributed by atoms with Crippen LogP contribution in [-0.2, 0) is 16.6 Å². The minimum absolute atomic E-state index is 0.0235. The summed E-state index contributed by atoms with van der Waals surface area (Å²) in [5, 5.41) is 14.5. The molecule has 0 bridgehead atoms. The van der Waals surface area contributed by atoms with Gasteiger partial charge in [0, 0.05) is 38.0 Å². The van der Waals surface area contributed by atoms with Crippen LogP contribution >= 0.6 is 11.3 Å². The fraction of sp³-hybridized carbons (Fsp3) is 0.571. The van der Waals surface area contributed by atoms with Gasteiger partial charge in [0.05, 0.1) is 11.8 Å². The van der Waals surface area contributed by atoms with Crippen molar-refractivity contribution >= 4 is 28.9 Å². The first-order valence-electron chi connectivity index (χ1n) is 13.4. The van der Waals surface area contributed by atoms with Gasteiger partial charge in [-0.3, -0.25) is 14.4 Å². The van der Waals surface area contributed by atoms with Crippen molar-refractivity contribution in [3.8, 4) is 0 Å². The van der Waals surface area contributed by atoms with Crippen molar-refractivity contribution in [3.63, 3.8) is 0 Å². The molecular formula is C28H34F3N3O4S. The van der Waals surface area contributed by atoms with Crippen LogP contribution in [0.1, 0.15) is 88.9 Å². The smallest absolute Gasteiger partial charge is 0.383 e. The third-order valence-corrected chi connectivity index (χ3v) is 8.97. The van der Waals surface area contributed by atoms with Crippen LogP contribution in [0.15, 0.2) is 30.5 Å². The largest absolute Gasteiger partial charge is 0.416 e. The number of amides is 2. The number of thiazole rings is 1. The molecule has 212 valence electrons. The number of halogens is 3. The van der Waals surface area contributed by atoms with Gasteiger partial charge in [0.15, 0.2) is 5.78 Å². The molecule has 1 aromatic heterocycles. The van der Waals surface area contributed by atoms with Gasteiger partial charge in [-0.2, -0.15) is 13.2 Å². The molecule has 1 saturated carbocycles. The van der Waals surface area contributed by atoms with E-state index in [-0.39, 0.29) is 30.2 Å². The molecule has 7 nitrogen and oxygen atoms in total. The molecule has 4 rings (SSSR count). The maximum Gasteiger partial charge on any atom is 0.416 e. The van der Waals surface area contributed by atoms with Crippen LogP contribution in [0, 0.1) is 11.8 Å². The van der Waals surface area contributed by atoms with Gasteiger partial charge in [0.2, 0.25) is 5.91 Å². The zero-order chi connectivity index (χ0) is 28.2. The Morgan fingerprint density at radius 3 is 2.59 bits per heavy atom. The van der Waals surface area contributed by atoms with Crippen molar-refractivity contribution < 1.29 is 32.7 Å². The lowest BCUT2D eigenvalue weighted by molar-refractivity contribution is -0.137. The predicted octanol–water partition coefficient (Wildman–Crippen LogP) is 5.19. The summed E-state index contributed by atoms with van der Waals surface area (Å²) in [7, 11) is 0. The second-order valence-corrected chi connectivity index (χ2v) is 11.6. The van der Waals surface area contributed by atoms with E-state index < -0.39 is 23.1 Å². The van der Waals surface area contributed by atoms with Gasteiger partial charge in [-0.25, -0.2) is 4.98 Å². The summed E-state index contributed by atoms with van der Waals surface area (Å²) in [5.41, 5.74) is -1.93. The van der Waals surface area contributed by atoms with Crippen molar-refractivity contribution in [2.24, 2.45) is 11.8 Å². The van der Waals surface area contributed by atoms with E-state index in [1.54, 1.807) is 4.90 Å². The second kappa shape index (κ2) is 12.2. The normalized spacial score (nSPS) is 23.6. The van der Waals surface area contributed by atoms with Crippen molar-refractivity contribution in [1.29, 1.82) is 0 Å². The summed E-state index contributed by atoms with van der Waals surface area (Å²) in [6.45, 7) is 3.60. The average Bonchev–Trinajstić information content (AvgIpc) is 3.59. The molecule has 11 heteroatoms. The van der Waals surface area contributed by atoms with Gasteiger partial charge in [-0.1, -0.05) is 12.1 Å². The molecule has 1 aliphatic carbocycles. The van der Waals surface area contributed by atoms with Crippen molar-refractivity contribution in [3.05, 3.63) is 51.5 Å². The average molecular weight is 566 g/mol.